The van der Waals surface area contributed by atoms with Crippen LogP contribution in [0, 0.1) is 18.8 Å². The first kappa shape index (κ1) is 32.0. The molecule has 0 unspecified atom stereocenters. The molecule has 1 N–H and O–H groups in total. The summed E-state index contributed by atoms with van der Waals surface area (Å²) in [6, 6.07) is 9.19. The van der Waals surface area contributed by atoms with Gasteiger partial charge >= 0.3 is 18.5 Å². The molecule has 1 fully saturated rings. The van der Waals surface area contributed by atoms with Crippen LogP contribution in [0.15, 0.2) is 47.5 Å². The van der Waals surface area contributed by atoms with Crippen molar-refractivity contribution in [1.29, 1.82) is 0 Å². The predicted octanol–water partition coefficient (Wildman–Crippen LogP) is 6.81. The number of benzene rings is 2. The molecule has 15 heteroatoms. The fraction of sp³-hybridized carbons (Fsp3) is 0.429. The number of halogens is 9. The van der Waals surface area contributed by atoms with Crippen molar-refractivity contribution in [3.63, 3.8) is 0 Å². The van der Waals surface area contributed by atoms with Gasteiger partial charge in [-0.3, -0.25) is 14.4 Å². The number of carbonyl (C=O) groups is 3. The molecule has 0 aromatic heterocycles. The van der Waals surface area contributed by atoms with Crippen LogP contribution in [0.4, 0.5) is 45.2 Å². The van der Waals surface area contributed by atoms with Gasteiger partial charge in [0.1, 0.15) is 0 Å². The van der Waals surface area contributed by atoms with E-state index in [0.29, 0.717) is 11.6 Å². The first-order valence-electron chi connectivity index (χ1n) is 13.0. The minimum Gasteiger partial charge on any atom is -0.321 e. The fourth-order valence-corrected chi connectivity index (χ4v) is 5.30. The third-order valence-corrected chi connectivity index (χ3v) is 7.20. The van der Waals surface area contributed by atoms with Crippen molar-refractivity contribution in [3.8, 4) is 0 Å². The molecule has 3 amide bonds. The van der Waals surface area contributed by atoms with Crippen LogP contribution in [0.2, 0.25) is 0 Å². The van der Waals surface area contributed by atoms with Gasteiger partial charge in [0, 0.05) is 24.0 Å². The van der Waals surface area contributed by atoms with Crippen LogP contribution in [-0.4, -0.2) is 46.9 Å². The number of anilines is 1. The molecule has 0 radical (unpaired) electrons. The number of para-hydroxylation sites is 1. The van der Waals surface area contributed by atoms with Crippen LogP contribution in [0.25, 0.3) is 0 Å². The second kappa shape index (κ2) is 11.6. The number of fused-ring (bicyclic) bond motifs is 1. The SMILES string of the molecule is Cc1cccc(C2=N[C@@H](N3C(=O)[C@@H](CCCC(F)(F)F)[C@@H](CCC(F)(F)F)C3=O)C(=O)Nc3c2cccc3C(F)(F)F)c1. The Morgan fingerprint density at radius 3 is 2.00 bits per heavy atom. The molecule has 232 valence electrons. The zero-order valence-corrected chi connectivity index (χ0v) is 22.3. The highest BCUT2D eigenvalue weighted by Crippen LogP contribution is 2.42. The van der Waals surface area contributed by atoms with Crippen molar-refractivity contribution in [2.45, 2.75) is 63.7 Å². The van der Waals surface area contributed by atoms with Crippen molar-refractivity contribution >= 4 is 29.1 Å². The molecule has 4 rings (SSSR count). The van der Waals surface area contributed by atoms with Crippen LogP contribution in [0.1, 0.15) is 54.4 Å². The Hall–Kier alpha value is -3.91. The number of amides is 3. The average molecular weight is 622 g/mol. The number of alkyl halides is 9. The molecule has 2 aliphatic rings. The van der Waals surface area contributed by atoms with Gasteiger partial charge in [-0.25, -0.2) is 9.89 Å². The molecule has 0 saturated carbocycles. The highest BCUT2D eigenvalue weighted by molar-refractivity contribution is 6.21. The number of carbonyl (C=O) groups excluding carboxylic acids is 3. The zero-order valence-electron chi connectivity index (χ0n) is 22.3. The van der Waals surface area contributed by atoms with E-state index in [9.17, 15) is 53.9 Å². The van der Waals surface area contributed by atoms with E-state index in [1.54, 1.807) is 19.1 Å². The van der Waals surface area contributed by atoms with Gasteiger partial charge in [0.15, 0.2) is 0 Å². The van der Waals surface area contributed by atoms with Crippen molar-refractivity contribution < 1.29 is 53.9 Å². The van der Waals surface area contributed by atoms with Crippen LogP contribution >= 0.6 is 0 Å². The van der Waals surface area contributed by atoms with E-state index >= 15 is 0 Å². The zero-order chi connectivity index (χ0) is 31.9. The Balaban J connectivity index is 1.82. The monoisotopic (exact) mass is 621 g/mol. The minimum atomic E-state index is -4.96. The van der Waals surface area contributed by atoms with Crippen LogP contribution in [-0.2, 0) is 20.6 Å². The Labute approximate surface area is 238 Å². The molecule has 0 aliphatic carbocycles. The number of nitrogens with zero attached hydrogens (tertiary/aromatic N) is 2. The number of hydrogen-bond acceptors (Lipinski definition) is 4. The number of rotatable bonds is 7. The summed E-state index contributed by atoms with van der Waals surface area (Å²) in [7, 11) is 0. The Bertz CT molecular complexity index is 1450. The van der Waals surface area contributed by atoms with E-state index in [-0.39, 0.29) is 21.7 Å². The quantitative estimate of drug-likeness (QED) is 0.273. The molecule has 0 bridgehead atoms. The Morgan fingerprint density at radius 2 is 1.42 bits per heavy atom. The van der Waals surface area contributed by atoms with E-state index in [1.165, 1.54) is 18.2 Å². The molecular weight excluding hydrogens is 597 g/mol. The van der Waals surface area contributed by atoms with E-state index in [4.69, 9.17) is 0 Å². The van der Waals surface area contributed by atoms with Crippen LogP contribution in [0.5, 0.6) is 0 Å². The van der Waals surface area contributed by atoms with Gasteiger partial charge in [-0.15, -0.1) is 0 Å². The highest BCUT2D eigenvalue weighted by Gasteiger charge is 2.53. The first-order valence-corrected chi connectivity index (χ1v) is 13.0. The lowest BCUT2D eigenvalue weighted by atomic mass is 9.86. The normalized spacial score (nSPS) is 21.4. The molecule has 2 aromatic rings. The summed E-state index contributed by atoms with van der Waals surface area (Å²) in [4.78, 5) is 44.8. The predicted molar refractivity (Wildman–Crippen MR) is 135 cm³/mol. The third-order valence-electron chi connectivity index (χ3n) is 7.20. The lowest BCUT2D eigenvalue weighted by Gasteiger charge is -2.22. The van der Waals surface area contributed by atoms with Gasteiger partial charge in [0.25, 0.3) is 5.91 Å². The maximum absolute atomic E-state index is 14.0. The van der Waals surface area contributed by atoms with Crippen LogP contribution < -0.4 is 5.32 Å². The molecule has 3 atom stereocenters. The van der Waals surface area contributed by atoms with Gasteiger partial charge < -0.3 is 5.32 Å². The molecular formula is C28H24F9N3O3. The average Bonchev–Trinajstić information content (AvgIpc) is 3.00. The third kappa shape index (κ3) is 7.19. The fourth-order valence-electron chi connectivity index (χ4n) is 5.30. The lowest BCUT2D eigenvalue weighted by molar-refractivity contribution is -0.148. The number of aliphatic imine (C=N–C) groups is 1. The number of nitrogens with one attached hydrogen (secondary N) is 1. The molecule has 2 aromatic carbocycles. The summed E-state index contributed by atoms with van der Waals surface area (Å²) in [5.41, 5.74) is -1.55. The van der Waals surface area contributed by atoms with E-state index in [0.717, 1.165) is 6.07 Å². The summed E-state index contributed by atoms with van der Waals surface area (Å²) < 4.78 is 119. The second-order valence-corrected chi connectivity index (χ2v) is 10.4. The summed E-state index contributed by atoms with van der Waals surface area (Å²) >= 11 is 0. The molecule has 6 nitrogen and oxygen atoms in total. The molecule has 2 heterocycles. The lowest BCUT2D eigenvalue weighted by Crippen LogP contribution is -2.46. The number of hydrogen-bond donors (Lipinski definition) is 1. The largest absolute Gasteiger partial charge is 0.418 e. The summed E-state index contributed by atoms with van der Waals surface area (Å²) in [6.07, 6.45) is -21.6. The van der Waals surface area contributed by atoms with Crippen molar-refractivity contribution in [2.24, 2.45) is 16.8 Å². The summed E-state index contributed by atoms with van der Waals surface area (Å²) in [6.45, 7) is 1.67. The van der Waals surface area contributed by atoms with Crippen molar-refractivity contribution in [3.05, 3.63) is 64.7 Å². The van der Waals surface area contributed by atoms with Gasteiger partial charge in [-0.1, -0.05) is 35.9 Å². The smallest absolute Gasteiger partial charge is 0.321 e. The van der Waals surface area contributed by atoms with Gasteiger partial charge in [-0.2, -0.15) is 39.5 Å². The van der Waals surface area contributed by atoms with Gasteiger partial charge in [0.2, 0.25) is 18.0 Å². The number of aryl methyl sites for hydroxylation is 1. The van der Waals surface area contributed by atoms with Gasteiger partial charge in [0.05, 0.1) is 28.8 Å². The molecule has 43 heavy (non-hydrogen) atoms. The molecule has 1 saturated heterocycles. The molecule has 2 aliphatic heterocycles. The second-order valence-electron chi connectivity index (χ2n) is 10.4. The molecule has 0 spiro atoms. The van der Waals surface area contributed by atoms with Crippen LogP contribution in [0.3, 0.4) is 0 Å². The summed E-state index contributed by atoms with van der Waals surface area (Å²) in [5.74, 6) is -7.20. The van der Waals surface area contributed by atoms with E-state index < -0.39 is 97.6 Å². The van der Waals surface area contributed by atoms with Crippen molar-refractivity contribution in [2.75, 3.05) is 5.32 Å². The maximum atomic E-state index is 14.0. The number of imide groups is 1. The van der Waals surface area contributed by atoms with E-state index in [1.807, 2.05) is 0 Å². The van der Waals surface area contributed by atoms with Gasteiger partial charge in [-0.05, 0) is 38.3 Å². The minimum absolute atomic E-state index is 0.203. The van der Waals surface area contributed by atoms with Crippen molar-refractivity contribution in [1.82, 2.24) is 4.90 Å². The summed E-state index contributed by atoms with van der Waals surface area (Å²) in [5, 5.41) is 2.08. The number of likely N-dealkylation sites (tertiary alicyclic amines) is 1. The Kier molecular flexibility index (Phi) is 8.67. The Morgan fingerprint density at radius 1 is 0.814 bits per heavy atom. The highest BCUT2D eigenvalue weighted by atomic mass is 19.4. The first-order chi connectivity index (χ1) is 19.9. The maximum Gasteiger partial charge on any atom is 0.418 e. The topological polar surface area (TPSA) is 78.8 Å². The van der Waals surface area contributed by atoms with E-state index in [2.05, 4.69) is 10.3 Å². The number of benzodiazepines with no additional fused rings is 1. The standard InChI is InChI=1S/C28H24F9N3O3/c1-14-5-2-6-15(13-14)20-18-7-3-9-19(28(35,36)37)21(18)39-23(41)22(38-20)40-24(42)16(8-4-11-26(29,30)31)17(25(40)43)10-12-27(32,33)34/h2-3,5-7,9,13,16-17,22H,4,8,10-12H2,1H3,(H,39,41)/t16-,17+,22-/m0/s1.